The van der Waals surface area contributed by atoms with Gasteiger partial charge in [0, 0.05) is 13.1 Å². The average Bonchev–Trinajstić information content (AvgIpc) is 2.63. The number of sulfonamides is 1. The minimum Gasteiger partial charge on any atom is -0.397 e. The molecular weight excluding hydrogens is 238 g/mol. The molecule has 0 saturated carbocycles. The predicted octanol–water partition coefficient (Wildman–Crippen LogP) is 0.762. The van der Waals surface area contributed by atoms with Crippen LogP contribution in [0.15, 0.2) is 23.1 Å². The smallest absolute Gasteiger partial charge is 0.238 e. The number of hydrogen-bond donors (Lipinski definition) is 2. The minimum atomic E-state index is -3.67. The van der Waals surface area contributed by atoms with Crippen molar-refractivity contribution in [2.24, 2.45) is 11.1 Å². The lowest BCUT2D eigenvalue weighted by Gasteiger charge is -2.20. The van der Waals surface area contributed by atoms with Crippen LogP contribution in [0, 0.1) is 5.92 Å². The molecule has 1 aliphatic rings. The van der Waals surface area contributed by atoms with Crippen LogP contribution in [0.5, 0.6) is 0 Å². The molecule has 4 N–H and O–H groups in total. The zero-order valence-electron chi connectivity index (χ0n) is 9.76. The molecule has 1 heterocycles. The highest BCUT2D eigenvalue weighted by atomic mass is 32.2. The van der Waals surface area contributed by atoms with Crippen molar-refractivity contribution in [2.75, 3.05) is 23.7 Å². The van der Waals surface area contributed by atoms with E-state index in [1.165, 1.54) is 12.1 Å². The molecule has 1 fully saturated rings. The highest BCUT2D eigenvalue weighted by Crippen LogP contribution is 2.30. The van der Waals surface area contributed by atoms with Crippen molar-refractivity contribution in [2.45, 2.75) is 18.2 Å². The number of anilines is 2. The summed E-state index contributed by atoms with van der Waals surface area (Å²) in [7, 11) is -3.67. The Morgan fingerprint density at radius 3 is 2.59 bits per heavy atom. The maximum absolute atomic E-state index is 11.2. The standard InChI is InChI=1S/C11H17N3O2S/c1-8-4-5-14(7-8)11-3-2-9(6-10(11)12)17(13,15)16/h2-3,6,8H,4-5,7,12H2,1H3,(H2,13,15,16). The highest BCUT2D eigenvalue weighted by molar-refractivity contribution is 7.89. The summed E-state index contributed by atoms with van der Waals surface area (Å²) < 4.78 is 22.4. The van der Waals surface area contributed by atoms with E-state index < -0.39 is 10.0 Å². The first kappa shape index (κ1) is 12.2. The van der Waals surface area contributed by atoms with E-state index in [0.717, 1.165) is 25.2 Å². The van der Waals surface area contributed by atoms with Crippen LogP contribution in [0.2, 0.25) is 0 Å². The molecule has 0 spiro atoms. The number of nitrogens with two attached hydrogens (primary N) is 2. The summed E-state index contributed by atoms with van der Waals surface area (Å²) >= 11 is 0. The molecule has 2 rings (SSSR count). The molecule has 1 aromatic carbocycles. The molecule has 1 atom stereocenters. The third kappa shape index (κ3) is 2.53. The average molecular weight is 255 g/mol. The number of nitrogens with zero attached hydrogens (tertiary/aromatic N) is 1. The summed E-state index contributed by atoms with van der Waals surface area (Å²) in [5.74, 6) is 0.646. The molecule has 94 valence electrons. The molecule has 17 heavy (non-hydrogen) atoms. The van der Waals surface area contributed by atoms with Crippen molar-refractivity contribution in [3.8, 4) is 0 Å². The molecular formula is C11H17N3O2S. The van der Waals surface area contributed by atoms with Crippen LogP contribution in [0.4, 0.5) is 11.4 Å². The molecule has 6 heteroatoms. The fourth-order valence-corrected chi connectivity index (χ4v) is 2.70. The van der Waals surface area contributed by atoms with Gasteiger partial charge < -0.3 is 10.6 Å². The number of primary sulfonamides is 1. The molecule has 0 bridgehead atoms. The van der Waals surface area contributed by atoms with E-state index in [9.17, 15) is 8.42 Å². The van der Waals surface area contributed by atoms with Crippen molar-refractivity contribution < 1.29 is 8.42 Å². The zero-order valence-corrected chi connectivity index (χ0v) is 10.6. The van der Waals surface area contributed by atoms with Gasteiger partial charge in [0.1, 0.15) is 0 Å². The van der Waals surface area contributed by atoms with Gasteiger partial charge in [-0.3, -0.25) is 0 Å². The molecule has 0 amide bonds. The van der Waals surface area contributed by atoms with Crippen molar-refractivity contribution >= 4 is 21.4 Å². The van der Waals surface area contributed by atoms with Gasteiger partial charge in [0.15, 0.2) is 0 Å². The third-order valence-electron chi connectivity index (χ3n) is 3.09. The maximum Gasteiger partial charge on any atom is 0.238 e. The highest BCUT2D eigenvalue weighted by Gasteiger charge is 2.21. The predicted molar refractivity (Wildman–Crippen MR) is 68.2 cm³/mol. The van der Waals surface area contributed by atoms with Gasteiger partial charge in [0.05, 0.1) is 16.3 Å². The normalized spacial score (nSPS) is 20.8. The Morgan fingerprint density at radius 1 is 1.41 bits per heavy atom. The number of benzene rings is 1. The van der Waals surface area contributed by atoms with Crippen LogP contribution < -0.4 is 15.8 Å². The summed E-state index contributed by atoms with van der Waals surface area (Å²) in [5.41, 5.74) is 7.24. The lowest BCUT2D eigenvalue weighted by Crippen LogP contribution is -2.21. The fraction of sp³-hybridized carbons (Fsp3) is 0.455. The van der Waals surface area contributed by atoms with Crippen molar-refractivity contribution in [1.29, 1.82) is 0 Å². The Balaban J connectivity index is 2.32. The van der Waals surface area contributed by atoms with Crippen LogP contribution in [-0.4, -0.2) is 21.5 Å². The Kier molecular flexibility index (Phi) is 3.01. The Morgan fingerprint density at radius 2 is 2.12 bits per heavy atom. The van der Waals surface area contributed by atoms with E-state index in [2.05, 4.69) is 11.8 Å². The van der Waals surface area contributed by atoms with Gasteiger partial charge in [0.25, 0.3) is 0 Å². The molecule has 1 aliphatic heterocycles. The van der Waals surface area contributed by atoms with Crippen molar-refractivity contribution in [3.05, 3.63) is 18.2 Å². The molecule has 0 aliphatic carbocycles. The molecule has 5 nitrogen and oxygen atoms in total. The van der Waals surface area contributed by atoms with Crippen molar-refractivity contribution in [1.82, 2.24) is 0 Å². The third-order valence-corrected chi connectivity index (χ3v) is 4.00. The second kappa shape index (κ2) is 4.19. The molecule has 1 aromatic rings. The van der Waals surface area contributed by atoms with Gasteiger partial charge in [0.2, 0.25) is 10.0 Å². The van der Waals surface area contributed by atoms with Gasteiger partial charge in [-0.25, -0.2) is 13.6 Å². The maximum atomic E-state index is 11.2. The summed E-state index contributed by atoms with van der Waals surface area (Å²) in [6.07, 6.45) is 1.14. The van der Waals surface area contributed by atoms with Crippen LogP contribution in [-0.2, 0) is 10.0 Å². The number of rotatable bonds is 2. The largest absolute Gasteiger partial charge is 0.397 e. The summed E-state index contributed by atoms with van der Waals surface area (Å²) in [5, 5.41) is 5.05. The molecule has 1 saturated heterocycles. The van der Waals surface area contributed by atoms with Gasteiger partial charge in [-0.05, 0) is 30.5 Å². The van der Waals surface area contributed by atoms with Gasteiger partial charge in [-0.2, -0.15) is 0 Å². The Bertz CT molecular complexity index is 528. The SMILES string of the molecule is CC1CCN(c2ccc(S(N)(=O)=O)cc2N)C1. The lowest BCUT2D eigenvalue weighted by molar-refractivity contribution is 0.598. The second-order valence-electron chi connectivity index (χ2n) is 4.61. The number of hydrogen-bond acceptors (Lipinski definition) is 4. The molecule has 0 aromatic heterocycles. The summed E-state index contributed by atoms with van der Waals surface area (Å²) in [4.78, 5) is 2.23. The van der Waals surface area contributed by atoms with Crippen molar-refractivity contribution in [3.63, 3.8) is 0 Å². The first-order valence-corrected chi connectivity index (χ1v) is 7.10. The summed E-state index contributed by atoms with van der Waals surface area (Å²) in [6, 6.07) is 4.66. The van der Waals surface area contributed by atoms with Gasteiger partial charge >= 0.3 is 0 Å². The molecule has 0 radical (unpaired) electrons. The fourth-order valence-electron chi connectivity index (χ4n) is 2.15. The van der Waals surface area contributed by atoms with Crippen LogP contribution >= 0.6 is 0 Å². The topological polar surface area (TPSA) is 89.4 Å². The number of nitrogen functional groups attached to an aromatic ring is 1. The van der Waals surface area contributed by atoms with Gasteiger partial charge in [-0.1, -0.05) is 6.92 Å². The van der Waals surface area contributed by atoms with Gasteiger partial charge in [-0.15, -0.1) is 0 Å². The second-order valence-corrected chi connectivity index (χ2v) is 6.17. The zero-order chi connectivity index (χ0) is 12.6. The lowest BCUT2D eigenvalue weighted by atomic mass is 10.2. The van der Waals surface area contributed by atoms with E-state index in [0.29, 0.717) is 11.6 Å². The first-order valence-electron chi connectivity index (χ1n) is 5.55. The quantitative estimate of drug-likeness (QED) is 0.764. The minimum absolute atomic E-state index is 0.0611. The molecule has 1 unspecified atom stereocenters. The van der Waals surface area contributed by atoms with Crippen LogP contribution in [0.25, 0.3) is 0 Å². The Labute approximate surface area is 101 Å². The monoisotopic (exact) mass is 255 g/mol. The van der Waals surface area contributed by atoms with E-state index in [1.54, 1.807) is 6.07 Å². The van der Waals surface area contributed by atoms with E-state index >= 15 is 0 Å². The summed E-state index contributed by atoms with van der Waals surface area (Å²) in [6.45, 7) is 4.11. The van der Waals surface area contributed by atoms with Crippen LogP contribution in [0.1, 0.15) is 13.3 Å². The first-order chi connectivity index (χ1) is 7.88. The Hall–Kier alpha value is -1.27. The van der Waals surface area contributed by atoms with E-state index in [1.807, 2.05) is 0 Å². The van der Waals surface area contributed by atoms with E-state index in [-0.39, 0.29) is 4.90 Å². The van der Waals surface area contributed by atoms with E-state index in [4.69, 9.17) is 10.9 Å². The van der Waals surface area contributed by atoms with Crippen LogP contribution in [0.3, 0.4) is 0 Å².